The van der Waals surface area contributed by atoms with Crippen LogP contribution in [-0.2, 0) is 0 Å². The molecule has 0 N–H and O–H groups in total. The first kappa shape index (κ1) is 14.0. The van der Waals surface area contributed by atoms with Crippen molar-refractivity contribution in [2.45, 2.75) is 45.1 Å². The number of rotatable bonds is 2. The van der Waals surface area contributed by atoms with Crippen LogP contribution in [-0.4, -0.2) is 46.2 Å². The number of likely N-dealkylation sites (tertiary alicyclic amines) is 1. The van der Waals surface area contributed by atoms with Gasteiger partial charge >= 0.3 is 0 Å². The molecule has 118 valence electrons. The van der Waals surface area contributed by atoms with Gasteiger partial charge in [0.1, 0.15) is 5.82 Å². The third-order valence-electron chi connectivity index (χ3n) is 5.14. The smallest absolute Gasteiger partial charge is 0.157 e. The Hall–Kier alpha value is -1.62. The number of nitrogens with zero attached hydrogens (tertiary/aromatic N) is 5. The fraction of sp³-hybridized carbons (Fsp3) is 0.647. The molecule has 0 aromatic carbocycles. The van der Waals surface area contributed by atoms with Crippen molar-refractivity contribution in [3.8, 4) is 0 Å². The molecule has 5 nitrogen and oxygen atoms in total. The lowest BCUT2D eigenvalue weighted by Crippen LogP contribution is -2.29. The highest BCUT2D eigenvalue weighted by Gasteiger charge is 2.24. The van der Waals surface area contributed by atoms with Gasteiger partial charge in [0, 0.05) is 30.9 Å². The van der Waals surface area contributed by atoms with Crippen molar-refractivity contribution in [2.24, 2.45) is 0 Å². The zero-order valence-corrected chi connectivity index (χ0v) is 13.6. The van der Waals surface area contributed by atoms with E-state index in [2.05, 4.69) is 36.0 Å². The van der Waals surface area contributed by atoms with E-state index in [1.54, 1.807) is 0 Å². The maximum atomic E-state index is 4.91. The van der Waals surface area contributed by atoms with Crippen LogP contribution < -0.4 is 4.90 Å². The van der Waals surface area contributed by atoms with Crippen LogP contribution in [0.5, 0.6) is 0 Å². The zero-order chi connectivity index (χ0) is 15.1. The predicted octanol–water partition coefficient (Wildman–Crippen LogP) is 2.79. The molecule has 4 rings (SSSR count). The summed E-state index contributed by atoms with van der Waals surface area (Å²) in [5.41, 5.74) is 3.38. The van der Waals surface area contributed by atoms with Gasteiger partial charge in [0.05, 0.1) is 11.7 Å². The molecule has 2 aromatic rings. The number of hydrogen-bond donors (Lipinski definition) is 0. The van der Waals surface area contributed by atoms with E-state index in [4.69, 9.17) is 10.1 Å². The Bertz CT molecular complexity index is 671. The molecular weight excluding hydrogens is 274 g/mol. The average molecular weight is 299 g/mol. The normalized spacial score (nSPS) is 23.5. The molecule has 4 heterocycles. The van der Waals surface area contributed by atoms with Crippen LogP contribution in [0.1, 0.15) is 49.4 Å². The van der Waals surface area contributed by atoms with E-state index in [1.165, 1.54) is 49.9 Å². The minimum atomic E-state index is 0.450. The molecule has 2 fully saturated rings. The highest BCUT2D eigenvalue weighted by molar-refractivity contribution is 5.54. The molecule has 0 amide bonds. The summed E-state index contributed by atoms with van der Waals surface area (Å²) >= 11 is 0. The lowest BCUT2D eigenvalue weighted by atomic mass is 10.0. The van der Waals surface area contributed by atoms with Crippen LogP contribution >= 0.6 is 0 Å². The number of piperidine rings is 1. The van der Waals surface area contributed by atoms with Gasteiger partial charge in [-0.2, -0.15) is 5.10 Å². The van der Waals surface area contributed by atoms with Gasteiger partial charge in [0.2, 0.25) is 0 Å². The SMILES string of the molecule is Cc1cn2nc([C@@H]3CCCCN3C)cc2nc1N1CCCC1. The summed E-state index contributed by atoms with van der Waals surface area (Å²) in [6.07, 6.45) is 8.51. The van der Waals surface area contributed by atoms with Crippen LogP contribution in [0.25, 0.3) is 5.65 Å². The highest BCUT2D eigenvalue weighted by Crippen LogP contribution is 2.30. The van der Waals surface area contributed by atoms with Gasteiger partial charge in [0.25, 0.3) is 0 Å². The Morgan fingerprint density at radius 2 is 1.86 bits per heavy atom. The second-order valence-corrected chi connectivity index (χ2v) is 6.81. The molecule has 0 saturated carbocycles. The van der Waals surface area contributed by atoms with Gasteiger partial charge in [-0.05, 0) is 46.2 Å². The Kier molecular flexibility index (Phi) is 3.53. The first-order valence-corrected chi connectivity index (χ1v) is 8.54. The molecule has 2 aliphatic rings. The van der Waals surface area contributed by atoms with Crippen LogP contribution in [0.2, 0.25) is 0 Å². The quantitative estimate of drug-likeness (QED) is 0.854. The lowest BCUT2D eigenvalue weighted by molar-refractivity contribution is 0.183. The topological polar surface area (TPSA) is 36.7 Å². The number of aryl methyl sites for hydroxylation is 1. The van der Waals surface area contributed by atoms with E-state index in [0.717, 1.165) is 24.6 Å². The Labute approximate surface area is 131 Å². The average Bonchev–Trinajstić information content (AvgIpc) is 3.15. The van der Waals surface area contributed by atoms with Crippen molar-refractivity contribution >= 4 is 11.5 Å². The van der Waals surface area contributed by atoms with Crippen LogP contribution in [0.3, 0.4) is 0 Å². The zero-order valence-electron chi connectivity index (χ0n) is 13.6. The van der Waals surface area contributed by atoms with E-state index in [1.807, 2.05) is 4.52 Å². The molecule has 2 aliphatic heterocycles. The molecule has 0 unspecified atom stereocenters. The fourth-order valence-electron chi connectivity index (χ4n) is 3.88. The molecular formula is C17H25N5. The first-order chi connectivity index (χ1) is 10.7. The predicted molar refractivity (Wildman–Crippen MR) is 88.4 cm³/mol. The molecule has 2 saturated heterocycles. The van der Waals surface area contributed by atoms with Crippen LogP contribution in [0.4, 0.5) is 5.82 Å². The highest BCUT2D eigenvalue weighted by atomic mass is 15.3. The summed E-state index contributed by atoms with van der Waals surface area (Å²) in [6.45, 7) is 5.59. The second kappa shape index (κ2) is 5.54. The van der Waals surface area contributed by atoms with Gasteiger partial charge in [-0.1, -0.05) is 6.42 Å². The standard InChI is InChI=1S/C17H25N5/c1-13-12-22-16(18-17(13)21-9-5-6-10-21)11-14(19-22)15-7-3-4-8-20(15)2/h11-12,15H,3-10H2,1-2H3/t15-/m0/s1. The fourth-order valence-corrected chi connectivity index (χ4v) is 3.88. The van der Waals surface area contributed by atoms with E-state index in [-0.39, 0.29) is 0 Å². The molecule has 22 heavy (non-hydrogen) atoms. The Morgan fingerprint density at radius 3 is 2.64 bits per heavy atom. The van der Waals surface area contributed by atoms with Gasteiger partial charge in [-0.15, -0.1) is 0 Å². The summed E-state index contributed by atoms with van der Waals surface area (Å²) in [4.78, 5) is 9.75. The van der Waals surface area contributed by atoms with Crippen LogP contribution in [0, 0.1) is 6.92 Å². The van der Waals surface area contributed by atoms with Crippen molar-refractivity contribution in [3.63, 3.8) is 0 Å². The molecule has 0 aliphatic carbocycles. The number of fused-ring (bicyclic) bond motifs is 1. The number of aromatic nitrogens is 3. The largest absolute Gasteiger partial charge is 0.356 e. The second-order valence-electron chi connectivity index (χ2n) is 6.81. The van der Waals surface area contributed by atoms with Gasteiger partial charge in [-0.25, -0.2) is 9.50 Å². The minimum Gasteiger partial charge on any atom is -0.356 e. The van der Waals surface area contributed by atoms with E-state index < -0.39 is 0 Å². The van der Waals surface area contributed by atoms with Gasteiger partial charge < -0.3 is 4.90 Å². The maximum absolute atomic E-state index is 4.91. The van der Waals surface area contributed by atoms with Gasteiger partial charge in [0.15, 0.2) is 5.65 Å². The van der Waals surface area contributed by atoms with E-state index >= 15 is 0 Å². The first-order valence-electron chi connectivity index (χ1n) is 8.54. The van der Waals surface area contributed by atoms with Crippen molar-refractivity contribution < 1.29 is 0 Å². The summed E-state index contributed by atoms with van der Waals surface area (Å²) in [6, 6.07) is 2.64. The third kappa shape index (κ3) is 2.37. The molecule has 0 radical (unpaired) electrons. The number of hydrogen-bond acceptors (Lipinski definition) is 4. The Morgan fingerprint density at radius 1 is 1.09 bits per heavy atom. The third-order valence-corrected chi connectivity index (χ3v) is 5.14. The molecule has 1 atom stereocenters. The van der Waals surface area contributed by atoms with E-state index in [9.17, 15) is 0 Å². The Balaban J connectivity index is 1.71. The van der Waals surface area contributed by atoms with Gasteiger partial charge in [-0.3, -0.25) is 4.90 Å². The summed E-state index contributed by atoms with van der Waals surface area (Å²) in [5.74, 6) is 1.15. The van der Waals surface area contributed by atoms with Crippen molar-refractivity contribution in [3.05, 3.63) is 23.5 Å². The van der Waals surface area contributed by atoms with E-state index in [0.29, 0.717) is 6.04 Å². The molecule has 5 heteroatoms. The van der Waals surface area contributed by atoms with Crippen molar-refractivity contribution in [1.82, 2.24) is 19.5 Å². The van der Waals surface area contributed by atoms with Crippen molar-refractivity contribution in [1.29, 1.82) is 0 Å². The summed E-state index contributed by atoms with van der Waals surface area (Å²) in [5, 5.41) is 4.81. The molecule has 2 aromatic heterocycles. The summed E-state index contributed by atoms with van der Waals surface area (Å²) in [7, 11) is 2.21. The monoisotopic (exact) mass is 299 g/mol. The van der Waals surface area contributed by atoms with Crippen LogP contribution in [0.15, 0.2) is 12.3 Å². The summed E-state index contributed by atoms with van der Waals surface area (Å²) < 4.78 is 1.96. The number of anilines is 1. The lowest BCUT2D eigenvalue weighted by Gasteiger charge is -2.30. The molecule has 0 bridgehead atoms. The maximum Gasteiger partial charge on any atom is 0.157 e. The minimum absolute atomic E-state index is 0.450. The van der Waals surface area contributed by atoms with Crippen molar-refractivity contribution in [2.75, 3.05) is 31.6 Å². The molecule has 0 spiro atoms.